The van der Waals surface area contributed by atoms with Crippen molar-refractivity contribution in [1.29, 1.82) is 0 Å². The van der Waals surface area contributed by atoms with E-state index in [0.29, 0.717) is 66.7 Å². The van der Waals surface area contributed by atoms with Crippen molar-refractivity contribution in [2.24, 2.45) is 33.7 Å². The van der Waals surface area contributed by atoms with Crippen LogP contribution in [0.4, 0.5) is 17.1 Å². The van der Waals surface area contributed by atoms with Crippen LogP contribution in [0.2, 0.25) is 0 Å². The maximum atomic E-state index is 12.4. The normalized spacial score (nSPS) is 15.5. The van der Waals surface area contributed by atoms with Gasteiger partial charge in [-0.25, -0.2) is 25.2 Å². The minimum absolute atomic E-state index is 0.0188. The first-order valence-corrected chi connectivity index (χ1v) is 50.7. The Hall–Kier alpha value is -11.3. The first kappa shape index (κ1) is 117. The van der Waals surface area contributed by atoms with Crippen molar-refractivity contribution in [2.75, 3.05) is 58.4 Å². The minimum atomic E-state index is -0.696. The number of allylic oxidation sites excluding steroid dienone is 1. The zero-order valence-electron chi connectivity index (χ0n) is 83.3. The second-order valence-electron chi connectivity index (χ2n) is 36.9. The Balaban J connectivity index is 0.000000248. The number of amidine groups is 1. The number of nitrogens with one attached hydrogen (secondary N) is 1. The summed E-state index contributed by atoms with van der Waals surface area (Å²) in [6.45, 7) is 18.9. The number of anilines is 1. The van der Waals surface area contributed by atoms with E-state index in [1.165, 1.54) is 216 Å². The molecule has 1 aliphatic heterocycles. The number of thioether (sulfide) groups is 1. The number of nitro benzene ring substituents is 2. The molecule has 8 aromatic carbocycles. The standard InChI is InChI=1S/C22H32N2OS.C18H22INOS.C17H22O.C16H20O2.C12H15NO3.C9H10N2O4.C9H12N2O2.C7H4ClNO3/c1-16(25)13-17-9-8-12-19(14-17)22(18-10-6-5-7-11-18)15-26-20(24-22)23-21(2,3)4;1-14(21)10-15-6-5-9-17(11-15)18(12-19,20-13-22)16-7-3-2-4-8-16;1-13(18)11-15-7-6-10-17(12-15)14(2)16-8-4-3-5-9-16;1-12(17)10-13-6-5-9-15(11-13)16(18)14-7-3-2-4-8-14;1-9(14)7-10-5-4-6-11(8-10)12(15)13(2)16-3;1-10(15-2)9(12)7-4-3-5-8(6-7)11(13)14;1-11(13-2)9(12)7-4-3-5-8(10)6-7;8-7(10)5-2-1-3-6(4-5)9(11)12/h8-9,12,14,18H,5-7,10-11,13,15H2,1-4H3,(H,23,24);5-6,9,11,16H,2-4,7-8,10,12H2,1H3;6-7,10,12,16H,2-5,8-9,11H2,1H3;5-6,9,11,14H,2-4,7-8,10H2,1H3;4-6,8H,7H2,1-3H3;3-6H,1-2H3;3-6H,10H2,1-2H3;1-4H. The number of amides is 3. The zero-order valence-corrected chi connectivity index (χ0v) is 87.9. The summed E-state index contributed by atoms with van der Waals surface area (Å²) in [6.07, 6.45) is 27.2. The number of nitro groups is 2. The zero-order chi connectivity index (χ0) is 103. The van der Waals surface area contributed by atoms with E-state index >= 15 is 0 Å². The van der Waals surface area contributed by atoms with Crippen molar-refractivity contribution in [3.63, 3.8) is 0 Å². The lowest BCUT2D eigenvalue weighted by atomic mass is 9.72. The molecular formula is C110H137ClIN9O17S2. The van der Waals surface area contributed by atoms with E-state index in [2.05, 4.69) is 119 Å². The van der Waals surface area contributed by atoms with Crippen molar-refractivity contribution in [2.45, 2.75) is 233 Å². The molecule has 2 unspecified atom stereocenters. The molecule has 13 rings (SSSR count). The van der Waals surface area contributed by atoms with Gasteiger partial charge in [-0.2, -0.15) is 0 Å². The molecular weight excluding hydrogens is 1950 g/mol. The van der Waals surface area contributed by atoms with E-state index in [-0.39, 0.29) is 91.6 Å². The first-order chi connectivity index (χ1) is 66.6. The highest BCUT2D eigenvalue weighted by atomic mass is 127. The number of benzene rings is 8. The Labute approximate surface area is 853 Å². The lowest BCUT2D eigenvalue weighted by Crippen LogP contribution is -2.39. The van der Waals surface area contributed by atoms with Gasteiger partial charge in [0, 0.05) is 133 Å². The van der Waals surface area contributed by atoms with Gasteiger partial charge < -0.3 is 11.1 Å². The fraction of sp³-hybridized carbons (Fsp3) is 0.436. The Bertz CT molecular complexity index is 5510. The summed E-state index contributed by atoms with van der Waals surface area (Å²) in [7, 11) is 8.73. The SMILES string of the molecule is C=C(c1cccc(CC(C)=O)c1)C1CCCCC1.CC(=O)Cc1cccc(C(=O)C2CCCCC2)c1.CC(=O)Cc1cccc(C(CI)(N=C=S)C2CCCCC2)c1.CC(=O)Cc1cccc(C2(C3CCCCC3)CSC(NC(C)(C)C)=N2)c1.CON(C)C(=O)c1cccc(CC(C)=O)c1.CON(C)C(=O)c1cccc(N)c1.CON(C)C(=O)c1cccc([N+](=O)[O-])c1.O=C(Cl)c1cccc([N+](=O)[O-])c1. The van der Waals surface area contributed by atoms with Crippen molar-refractivity contribution < 1.29 is 72.3 Å². The molecule has 0 bridgehead atoms. The predicted molar refractivity (Wildman–Crippen MR) is 568 cm³/mol. The Morgan fingerprint density at radius 2 is 0.857 bits per heavy atom. The van der Waals surface area contributed by atoms with Crippen LogP contribution in [0.15, 0.2) is 211 Å². The van der Waals surface area contributed by atoms with Crippen LogP contribution >= 0.6 is 58.2 Å². The molecule has 4 saturated carbocycles. The molecule has 140 heavy (non-hydrogen) atoms. The summed E-state index contributed by atoms with van der Waals surface area (Å²) < 4.78 is 0.891. The number of halogens is 2. The van der Waals surface area contributed by atoms with Crippen LogP contribution in [0.25, 0.3) is 5.57 Å². The number of nitrogens with zero attached hydrogens (tertiary/aromatic N) is 7. The molecule has 3 amide bonds. The molecule has 2 atom stereocenters. The molecule has 5 aliphatic rings. The summed E-state index contributed by atoms with van der Waals surface area (Å²) in [5.41, 5.74) is 17.6. The van der Waals surface area contributed by atoms with E-state index in [4.69, 9.17) is 44.2 Å². The average Bonchev–Trinajstić information content (AvgIpc) is 1.71. The van der Waals surface area contributed by atoms with Crippen LogP contribution in [0, 0.1) is 43.9 Å². The van der Waals surface area contributed by atoms with Gasteiger partial charge in [0.1, 0.15) is 40.0 Å². The van der Waals surface area contributed by atoms with Crippen LogP contribution in [-0.4, -0.2) is 151 Å². The number of carbonyl (C=O) groups excluding carboxylic acids is 10. The molecule has 3 N–H and O–H groups in total. The van der Waals surface area contributed by atoms with Crippen molar-refractivity contribution in [3.8, 4) is 0 Å². The van der Waals surface area contributed by atoms with Gasteiger partial charge in [-0.3, -0.25) is 82.7 Å². The van der Waals surface area contributed by atoms with Crippen molar-refractivity contribution in [1.82, 2.24) is 20.5 Å². The number of isothiocyanates is 1. The number of nitrogens with two attached hydrogens (primary N) is 1. The molecule has 0 saturated heterocycles. The van der Waals surface area contributed by atoms with Crippen LogP contribution in [0.1, 0.15) is 280 Å². The predicted octanol–water partition coefficient (Wildman–Crippen LogP) is 23.8. The number of carbonyl (C=O) groups is 10. The van der Waals surface area contributed by atoms with Crippen LogP contribution < -0.4 is 11.1 Å². The first-order valence-electron chi connectivity index (χ1n) is 47.4. The number of rotatable bonds is 29. The van der Waals surface area contributed by atoms with E-state index in [1.54, 1.807) is 84.3 Å². The largest absolute Gasteiger partial charge is 0.399 e. The van der Waals surface area contributed by atoms with E-state index in [9.17, 15) is 68.2 Å². The number of nitrogen functional groups attached to an aromatic ring is 1. The summed E-state index contributed by atoms with van der Waals surface area (Å²) in [5, 5.41) is 30.6. The third kappa shape index (κ3) is 39.3. The Kier molecular flexibility index (Phi) is 50.4. The number of ketones is 6. The minimum Gasteiger partial charge on any atom is -0.399 e. The topological polar surface area (TPSA) is 357 Å². The molecule has 26 nitrogen and oxygen atoms in total. The summed E-state index contributed by atoms with van der Waals surface area (Å²) in [5.74, 6) is 3.18. The van der Waals surface area contributed by atoms with Crippen molar-refractivity contribution in [3.05, 3.63) is 293 Å². The van der Waals surface area contributed by atoms with Gasteiger partial charge in [-0.1, -0.05) is 239 Å². The quantitative estimate of drug-likeness (QED) is 0.00506. The third-order valence-corrected chi connectivity index (χ3v) is 27.0. The number of Topliss-reactive ketones (excluding diaryl/α,β-unsaturated/α-hetero) is 6. The monoisotopic (exact) mass is 2080 g/mol. The smallest absolute Gasteiger partial charge is 0.277 e. The number of alkyl halides is 1. The number of aliphatic imine (C=N–C) groups is 2. The molecule has 4 aliphatic carbocycles. The molecule has 4 fully saturated rings. The molecule has 0 aromatic heterocycles. The highest BCUT2D eigenvalue weighted by Gasteiger charge is 2.46. The maximum absolute atomic E-state index is 12.4. The number of hydroxylamine groups is 6. The van der Waals surface area contributed by atoms with Gasteiger partial charge in [-0.15, -0.1) is 0 Å². The van der Waals surface area contributed by atoms with Gasteiger partial charge >= 0.3 is 0 Å². The van der Waals surface area contributed by atoms with Gasteiger partial charge in [0.15, 0.2) is 11.0 Å². The number of hydrogen-bond acceptors (Lipinski definition) is 23. The fourth-order valence-corrected chi connectivity index (χ4v) is 20.3. The summed E-state index contributed by atoms with van der Waals surface area (Å²) in [6, 6.07) is 57.3. The second-order valence-corrected chi connectivity index (χ2v) is 39.1. The number of non-ortho nitro benzene ring substituents is 2. The maximum Gasteiger partial charge on any atom is 0.277 e. The molecule has 0 radical (unpaired) electrons. The van der Waals surface area contributed by atoms with Crippen LogP contribution in [-0.2, 0) is 81.7 Å². The fourth-order valence-electron chi connectivity index (χ4n) is 17.4. The highest BCUT2D eigenvalue weighted by Crippen LogP contribution is 2.49. The van der Waals surface area contributed by atoms with E-state index in [1.807, 2.05) is 66.4 Å². The van der Waals surface area contributed by atoms with Crippen LogP contribution in [0.3, 0.4) is 0 Å². The van der Waals surface area contributed by atoms with E-state index < -0.39 is 21.0 Å². The Morgan fingerprint density at radius 1 is 0.500 bits per heavy atom. The number of hydrogen-bond donors (Lipinski definition) is 2. The van der Waals surface area contributed by atoms with Gasteiger partial charge in [-0.05, 0) is 247 Å². The van der Waals surface area contributed by atoms with Gasteiger partial charge in [0.2, 0.25) is 0 Å². The average molecular weight is 2080 g/mol. The van der Waals surface area contributed by atoms with Crippen LogP contribution in [0.5, 0.6) is 0 Å². The molecule has 1 heterocycles. The summed E-state index contributed by atoms with van der Waals surface area (Å²) in [4.78, 5) is 158. The van der Waals surface area contributed by atoms with Gasteiger partial charge in [0.05, 0.1) is 36.3 Å². The second kappa shape index (κ2) is 60.1. The molecule has 0 spiro atoms. The molecule has 750 valence electrons. The lowest BCUT2D eigenvalue weighted by Gasteiger charge is -2.38. The third-order valence-electron chi connectivity index (χ3n) is 24.5. The highest BCUT2D eigenvalue weighted by molar-refractivity contribution is 14.1. The van der Waals surface area contributed by atoms with Crippen molar-refractivity contribution >= 4 is 149 Å². The summed E-state index contributed by atoms with van der Waals surface area (Å²) >= 11 is 14.4. The number of thiocarbonyl (C=S) groups is 1. The lowest BCUT2D eigenvalue weighted by molar-refractivity contribution is -0.385. The molecule has 30 heteroatoms. The van der Waals surface area contributed by atoms with Gasteiger partial charge in [0.25, 0.3) is 34.3 Å². The van der Waals surface area contributed by atoms with E-state index in [0.717, 1.165) is 82.8 Å². The molecule has 8 aromatic rings. The Morgan fingerprint density at radius 3 is 1.28 bits per heavy atom.